The van der Waals surface area contributed by atoms with Crippen LogP contribution in [0.15, 0.2) is 121 Å². The Balaban J connectivity index is 1.82. The summed E-state index contributed by atoms with van der Waals surface area (Å²) >= 11 is 0. The first kappa shape index (κ1) is 21.3. The Bertz CT molecular complexity index is 1320. The van der Waals surface area contributed by atoms with Crippen LogP contribution in [0.5, 0.6) is 0 Å². The van der Waals surface area contributed by atoms with Gasteiger partial charge in [-0.2, -0.15) is 0 Å². The molecule has 0 atom stereocenters. The van der Waals surface area contributed by atoms with Crippen molar-refractivity contribution < 1.29 is 0 Å². The van der Waals surface area contributed by atoms with Gasteiger partial charge in [0.1, 0.15) is 0 Å². The van der Waals surface area contributed by atoms with Gasteiger partial charge in [-0.3, -0.25) is 4.98 Å². The summed E-state index contributed by atoms with van der Waals surface area (Å²) in [6.45, 7) is 4.45. The van der Waals surface area contributed by atoms with Crippen molar-refractivity contribution in [3.63, 3.8) is 0 Å². The number of aromatic nitrogens is 1. The summed E-state index contributed by atoms with van der Waals surface area (Å²) in [5.41, 5.74) is 7.36. The topological polar surface area (TPSA) is 12.9 Å². The molecule has 0 aliphatic heterocycles. The molecule has 1 aromatic heterocycles. The average molecular weight is 444 g/mol. The Kier molecular flexibility index (Phi) is 6.15. The molecule has 0 spiro atoms. The average Bonchev–Trinajstić information content (AvgIpc) is 2.87. The van der Waals surface area contributed by atoms with E-state index in [1.165, 1.54) is 43.7 Å². The zero-order chi connectivity index (χ0) is 22.6. The van der Waals surface area contributed by atoms with Crippen LogP contribution in [0.2, 0.25) is 0 Å². The minimum Gasteiger partial charge on any atom is -0.256 e. The van der Waals surface area contributed by atoms with E-state index in [0.717, 1.165) is 5.69 Å². The molecule has 0 saturated heterocycles. The summed E-state index contributed by atoms with van der Waals surface area (Å²) in [4.78, 5) is 4.70. The van der Waals surface area contributed by atoms with Crippen molar-refractivity contribution in [2.45, 2.75) is 13.8 Å². The Morgan fingerprint density at radius 3 is 1.70 bits per heavy atom. The lowest BCUT2D eigenvalue weighted by atomic mass is 9.90. The lowest BCUT2D eigenvalue weighted by Gasteiger charge is -2.25. The number of hydrogen-bond acceptors (Lipinski definition) is 1. The molecule has 0 unspecified atom stereocenters. The highest BCUT2D eigenvalue weighted by atomic mass is 31.1. The molecule has 0 saturated carbocycles. The smallest absolute Gasteiger partial charge is 0.0708 e. The van der Waals surface area contributed by atoms with E-state index < -0.39 is 7.92 Å². The van der Waals surface area contributed by atoms with Crippen molar-refractivity contribution in [1.82, 2.24) is 4.98 Å². The maximum Gasteiger partial charge on any atom is 0.0708 e. The van der Waals surface area contributed by atoms with Crippen LogP contribution in [-0.4, -0.2) is 4.98 Å². The van der Waals surface area contributed by atoms with Gasteiger partial charge in [-0.05, 0) is 72.1 Å². The van der Waals surface area contributed by atoms with Gasteiger partial charge >= 0.3 is 0 Å². The molecule has 0 N–H and O–H groups in total. The van der Waals surface area contributed by atoms with Crippen molar-refractivity contribution in [3.05, 3.63) is 133 Å². The highest BCUT2D eigenvalue weighted by molar-refractivity contribution is 7.80. The second-order valence-corrected chi connectivity index (χ2v) is 10.4. The number of benzene rings is 4. The third-order valence-electron chi connectivity index (χ3n) is 5.98. The van der Waals surface area contributed by atoms with Gasteiger partial charge in [0.05, 0.1) is 5.69 Å². The van der Waals surface area contributed by atoms with E-state index in [-0.39, 0.29) is 0 Å². The first-order valence-corrected chi connectivity index (χ1v) is 12.6. The van der Waals surface area contributed by atoms with Gasteiger partial charge in [0, 0.05) is 11.8 Å². The summed E-state index contributed by atoms with van der Waals surface area (Å²) in [5.74, 6) is 0. The number of nitrogens with zero attached hydrogens (tertiary/aromatic N) is 1. The van der Waals surface area contributed by atoms with Crippen LogP contribution >= 0.6 is 7.92 Å². The van der Waals surface area contributed by atoms with E-state index in [2.05, 4.69) is 123 Å². The van der Waals surface area contributed by atoms with Crippen LogP contribution in [-0.2, 0) is 0 Å². The lowest BCUT2D eigenvalue weighted by molar-refractivity contribution is 1.31. The van der Waals surface area contributed by atoms with Gasteiger partial charge in [-0.1, -0.05) is 103 Å². The van der Waals surface area contributed by atoms with Crippen molar-refractivity contribution in [2.24, 2.45) is 0 Å². The van der Waals surface area contributed by atoms with Gasteiger partial charge in [0.25, 0.3) is 0 Å². The van der Waals surface area contributed by atoms with E-state index in [4.69, 9.17) is 4.98 Å². The van der Waals surface area contributed by atoms with Gasteiger partial charge in [-0.15, -0.1) is 0 Å². The fraction of sp³-hybridized carbons (Fsp3) is 0.0645. The summed E-state index contributed by atoms with van der Waals surface area (Å²) in [7, 11) is -0.721. The molecule has 1 nitrogen and oxygen atoms in total. The van der Waals surface area contributed by atoms with Gasteiger partial charge < -0.3 is 0 Å². The molecule has 0 fully saturated rings. The molecule has 0 amide bonds. The van der Waals surface area contributed by atoms with E-state index >= 15 is 0 Å². The van der Waals surface area contributed by atoms with Crippen LogP contribution in [0.1, 0.15) is 11.1 Å². The normalized spacial score (nSPS) is 11.0. The fourth-order valence-corrected chi connectivity index (χ4v) is 7.02. The fourth-order valence-electron chi connectivity index (χ4n) is 4.48. The van der Waals surface area contributed by atoms with E-state index in [1.807, 2.05) is 12.3 Å². The van der Waals surface area contributed by atoms with Gasteiger partial charge in [-0.25, -0.2) is 0 Å². The summed E-state index contributed by atoms with van der Waals surface area (Å²) in [6, 6.07) is 41.3. The minimum absolute atomic E-state index is 0.721. The third kappa shape index (κ3) is 4.25. The predicted octanol–water partition coefficient (Wildman–Crippen LogP) is 6.79. The van der Waals surface area contributed by atoms with Crippen LogP contribution in [0.3, 0.4) is 0 Å². The Morgan fingerprint density at radius 1 is 0.515 bits per heavy atom. The zero-order valence-electron chi connectivity index (χ0n) is 18.9. The summed E-state index contributed by atoms with van der Waals surface area (Å²) in [5, 5.41) is 4.10. The molecule has 160 valence electrons. The van der Waals surface area contributed by atoms with Crippen LogP contribution in [0.25, 0.3) is 22.4 Å². The number of pyridine rings is 1. The minimum atomic E-state index is -0.721. The van der Waals surface area contributed by atoms with E-state index in [9.17, 15) is 0 Å². The maximum atomic E-state index is 4.70. The SMILES string of the molecule is Cc1cccc(-c2ccccn2)c1-c1c(C)cccc1P(c1ccccc1)c1ccccc1. The van der Waals surface area contributed by atoms with Gasteiger partial charge in [0.15, 0.2) is 0 Å². The first-order valence-electron chi connectivity index (χ1n) is 11.3. The molecule has 4 aromatic carbocycles. The quantitative estimate of drug-likeness (QED) is 0.273. The molecule has 2 heteroatoms. The molecule has 5 rings (SSSR count). The van der Waals surface area contributed by atoms with Gasteiger partial charge in [0.2, 0.25) is 0 Å². The van der Waals surface area contributed by atoms with Crippen LogP contribution in [0, 0.1) is 13.8 Å². The first-order chi connectivity index (χ1) is 16.2. The molecular formula is C31H26NP. The van der Waals surface area contributed by atoms with E-state index in [1.54, 1.807) is 0 Å². The second kappa shape index (κ2) is 9.53. The molecule has 0 radical (unpaired) electrons. The standard InChI is InChI=1S/C31H26NP/c1-23-13-11-19-27(28-20-9-10-22-32-28)30(23)31-24(2)14-12-21-29(31)33(25-15-5-3-6-16-25)26-17-7-4-8-18-26/h3-22H,1-2H3. The molecule has 5 aromatic rings. The van der Waals surface area contributed by atoms with Crippen LogP contribution < -0.4 is 15.9 Å². The third-order valence-corrected chi connectivity index (χ3v) is 8.47. The monoisotopic (exact) mass is 443 g/mol. The Labute approximate surface area is 197 Å². The highest BCUT2D eigenvalue weighted by Gasteiger charge is 2.23. The second-order valence-electron chi connectivity index (χ2n) is 8.19. The largest absolute Gasteiger partial charge is 0.256 e. The molecule has 33 heavy (non-hydrogen) atoms. The Hall–Kier alpha value is -3.54. The predicted molar refractivity (Wildman–Crippen MR) is 143 cm³/mol. The molecule has 1 heterocycles. The summed E-state index contributed by atoms with van der Waals surface area (Å²) < 4.78 is 0. The molecular weight excluding hydrogens is 417 g/mol. The number of aryl methyl sites for hydroxylation is 2. The van der Waals surface area contributed by atoms with Crippen molar-refractivity contribution in [1.29, 1.82) is 0 Å². The highest BCUT2D eigenvalue weighted by Crippen LogP contribution is 2.42. The maximum absolute atomic E-state index is 4.70. The number of rotatable bonds is 5. The molecule has 0 aliphatic carbocycles. The molecule has 0 bridgehead atoms. The summed E-state index contributed by atoms with van der Waals surface area (Å²) in [6.07, 6.45) is 1.88. The Morgan fingerprint density at radius 2 is 1.09 bits per heavy atom. The van der Waals surface area contributed by atoms with Crippen LogP contribution in [0.4, 0.5) is 0 Å². The van der Waals surface area contributed by atoms with Crippen molar-refractivity contribution in [2.75, 3.05) is 0 Å². The zero-order valence-corrected chi connectivity index (χ0v) is 19.8. The lowest BCUT2D eigenvalue weighted by Crippen LogP contribution is -2.23. The number of hydrogen-bond donors (Lipinski definition) is 0. The van der Waals surface area contributed by atoms with Crippen molar-refractivity contribution >= 4 is 23.8 Å². The molecule has 0 aliphatic rings. The van der Waals surface area contributed by atoms with Crippen molar-refractivity contribution in [3.8, 4) is 22.4 Å². The van der Waals surface area contributed by atoms with E-state index in [0.29, 0.717) is 0 Å².